The molecule has 2 atom stereocenters. The molecule has 0 fully saturated rings. The largest absolute Gasteiger partial charge is 0.355 e. The van der Waals surface area contributed by atoms with E-state index in [1.165, 1.54) is 0 Å². The number of nitrogens with two attached hydrogens (primary N) is 1. The summed E-state index contributed by atoms with van der Waals surface area (Å²) in [6.07, 6.45) is 0.705. The average Bonchev–Trinajstić information content (AvgIpc) is 2.33. The molecule has 1 aromatic carbocycles. The molecule has 0 amide bonds. The van der Waals surface area contributed by atoms with E-state index in [4.69, 9.17) is 5.73 Å². The van der Waals surface area contributed by atoms with Crippen molar-refractivity contribution in [1.82, 2.24) is 0 Å². The molecule has 3 nitrogen and oxygen atoms in total. The van der Waals surface area contributed by atoms with Crippen molar-refractivity contribution in [2.75, 3.05) is 11.2 Å². The lowest BCUT2D eigenvalue weighted by atomic mass is 10.0. The summed E-state index contributed by atoms with van der Waals surface area (Å²) in [5.41, 5.74) is 7.45. The summed E-state index contributed by atoms with van der Waals surface area (Å²) in [5, 5.41) is 0. The Morgan fingerprint density at radius 3 is 2.93 bits per heavy atom. The molecule has 1 heterocycles. The van der Waals surface area contributed by atoms with Crippen molar-refractivity contribution < 1.29 is 4.79 Å². The quantitative estimate of drug-likeness (QED) is 0.651. The van der Waals surface area contributed by atoms with Crippen LogP contribution in [0.15, 0.2) is 24.3 Å². The summed E-state index contributed by atoms with van der Waals surface area (Å²) < 4.78 is 2.00. The number of hydrogen-bond acceptors (Lipinski definition) is 3. The third-order valence-corrected chi connectivity index (χ3v) is 3.03. The van der Waals surface area contributed by atoms with Gasteiger partial charge in [0, 0.05) is 12.1 Å². The van der Waals surface area contributed by atoms with Crippen LogP contribution in [0.5, 0.6) is 0 Å². The Labute approximate surface area is 85.5 Å². The highest BCUT2D eigenvalue weighted by atomic mass is 31.0. The predicted octanol–water partition coefficient (Wildman–Crippen LogP) is 1.20. The molecule has 0 saturated carbocycles. The number of carbonyl (C=O) groups is 1. The first-order valence-electron chi connectivity index (χ1n) is 4.61. The Bertz CT molecular complexity index is 367. The Kier molecular flexibility index (Phi) is 2.53. The van der Waals surface area contributed by atoms with Crippen LogP contribution in [0.2, 0.25) is 0 Å². The zero-order valence-electron chi connectivity index (χ0n) is 7.81. The Morgan fingerprint density at radius 1 is 1.43 bits per heavy atom. The molecule has 14 heavy (non-hydrogen) atoms. The van der Waals surface area contributed by atoms with Crippen molar-refractivity contribution in [1.29, 1.82) is 0 Å². The molecule has 2 rings (SSSR count). The normalized spacial score (nSPS) is 21.7. The van der Waals surface area contributed by atoms with Gasteiger partial charge >= 0.3 is 0 Å². The zero-order chi connectivity index (χ0) is 10.1. The molecule has 0 bridgehead atoms. The Hall–Kier alpha value is -0.920. The van der Waals surface area contributed by atoms with Gasteiger partial charge in [0.05, 0.1) is 11.7 Å². The van der Waals surface area contributed by atoms with E-state index < -0.39 is 0 Å². The van der Waals surface area contributed by atoms with Gasteiger partial charge in [0.15, 0.2) is 5.78 Å². The van der Waals surface area contributed by atoms with Crippen LogP contribution in [0.25, 0.3) is 0 Å². The van der Waals surface area contributed by atoms with E-state index in [0.29, 0.717) is 6.42 Å². The van der Waals surface area contributed by atoms with Gasteiger partial charge in [-0.1, -0.05) is 12.1 Å². The minimum absolute atomic E-state index is 0.0468. The first kappa shape index (κ1) is 9.63. The van der Waals surface area contributed by atoms with E-state index in [9.17, 15) is 4.79 Å². The number of nitrogens with zero attached hydrogens (tertiary/aromatic N) is 1. The molecule has 74 valence electrons. The van der Waals surface area contributed by atoms with Gasteiger partial charge in [-0.05, 0) is 27.9 Å². The van der Waals surface area contributed by atoms with Crippen molar-refractivity contribution in [2.45, 2.75) is 12.5 Å². The monoisotopic (exact) mass is 208 g/mol. The fraction of sp³-hybridized carbons (Fsp3) is 0.300. The van der Waals surface area contributed by atoms with Gasteiger partial charge in [-0.15, -0.1) is 0 Å². The molecule has 2 unspecified atom stereocenters. The standard InChI is InChI=1S/C10H13N2OP/c11-8-5-6-12(14)9-4-2-1-3-7(9)10(8)13/h1-4,8H,5-6,11,14H2. The summed E-state index contributed by atoms with van der Waals surface area (Å²) in [6.45, 7) is 0.800. The maximum atomic E-state index is 11.8. The van der Waals surface area contributed by atoms with Crippen molar-refractivity contribution in [3.63, 3.8) is 0 Å². The molecule has 1 aliphatic rings. The van der Waals surface area contributed by atoms with Gasteiger partial charge in [0.25, 0.3) is 0 Å². The zero-order valence-corrected chi connectivity index (χ0v) is 8.97. The van der Waals surface area contributed by atoms with Crippen LogP contribution in [0.1, 0.15) is 16.8 Å². The van der Waals surface area contributed by atoms with Gasteiger partial charge in [-0.25, -0.2) is 0 Å². The molecule has 0 radical (unpaired) electrons. The number of Topliss-reactive ketones (excluding diaryl/α,β-unsaturated/α-hetero) is 1. The van der Waals surface area contributed by atoms with Crippen LogP contribution in [0, 0.1) is 0 Å². The summed E-state index contributed by atoms with van der Waals surface area (Å²) in [6, 6.07) is 7.22. The fourth-order valence-electron chi connectivity index (χ4n) is 1.66. The third-order valence-electron chi connectivity index (χ3n) is 2.50. The van der Waals surface area contributed by atoms with E-state index in [1.54, 1.807) is 0 Å². The first-order chi connectivity index (χ1) is 6.70. The van der Waals surface area contributed by atoms with Crippen LogP contribution in [0.3, 0.4) is 0 Å². The lowest BCUT2D eigenvalue weighted by molar-refractivity contribution is 0.0961. The molecule has 0 saturated heterocycles. The number of ketones is 1. The van der Waals surface area contributed by atoms with Gasteiger partial charge < -0.3 is 10.4 Å². The summed E-state index contributed by atoms with van der Waals surface area (Å²) >= 11 is 0. The molecular formula is C10H13N2OP. The highest BCUT2D eigenvalue weighted by molar-refractivity contribution is 7.19. The van der Waals surface area contributed by atoms with Gasteiger partial charge in [0.1, 0.15) is 0 Å². The molecule has 0 aliphatic carbocycles. The number of benzene rings is 1. The van der Waals surface area contributed by atoms with Crippen molar-refractivity contribution >= 4 is 20.9 Å². The second kappa shape index (κ2) is 3.68. The van der Waals surface area contributed by atoms with E-state index in [0.717, 1.165) is 17.8 Å². The number of rotatable bonds is 0. The Morgan fingerprint density at radius 2 is 2.14 bits per heavy atom. The number of hydrogen-bond donors (Lipinski definition) is 1. The topological polar surface area (TPSA) is 46.3 Å². The van der Waals surface area contributed by atoms with E-state index in [1.807, 2.05) is 28.9 Å². The molecule has 0 aromatic heterocycles. The van der Waals surface area contributed by atoms with Gasteiger partial charge in [-0.3, -0.25) is 4.79 Å². The minimum atomic E-state index is -0.360. The second-order valence-electron chi connectivity index (χ2n) is 3.47. The average molecular weight is 208 g/mol. The number of anilines is 1. The maximum Gasteiger partial charge on any atom is 0.181 e. The predicted molar refractivity (Wildman–Crippen MR) is 60.4 cm³/mol. The van der Waals surface area contributed by atoms with Crippen LogP contribution >= 0.6 is 9.39 Å². The highest BCUT2D eigenvalue weighted by Gasteiger charge is 2.24. The van der Waals surface area contributed by atoms with Gasteiger partial charge in [0.2, 0.25) is 0 Å². The highest BCUT2D eigenvalue weighted by Crippen LogP contribution is 2.27. The van der Waals surface area contributed by atoms with E-state index >= 15 is 0 Å². The first-order valence-corrected chi connectivity index (χ1v) is 5.13. The summed E-state index contributed by atoms with van der Waals surface area (Å²) in [7, 11) is 2.62. The maximum absolute atomic E-state index is 11.8. The van der Waals surface area contributed by atoms with Crippen molar-refractivity contribution in [3.05, 3.63) is 29.8 Å². The van der Waals surface area contributed by atoms with Gasteiger partial charge in [-0.2, -0.15) is 0 Å². The Balaban J connectivity index is 2.51. The molecule has 2 N–H and O–H groups in total. The van der Waals surface area contributed by atoms with Crippen molar-refractivity contribution in [3.8, 4) is 0 Å². The lowest BCUT2D eigenvalue weighted by Gasteiger charge is -2.17. The van der Waals surface area contributed by atoms with Crippen LogP contribution in [-0.4, -0.2) is 18.4 Å². The summed E-state index contributed by atoms with van der Waals surface area (Å²) in [5.74, 6) is 0.0468. The smallest absolute Gasteiger partial charge is 0.181 e. The second-order valence-corrected chi connectivity index (χ2v) is 4.09. The van der Waals surface area contributed by atoms with Crippen LogP contribution in [0.4, 0.5) is 5.69 Å². The van der Waals surface area contributed by atoms with Crippen LogP contribution < -0.4 is 10.4 Å². The summed E-state index contributed by atoms with van der Waals surface area (Å²) in [4.78, 5) is 11.8. The van der Waals surface area contributed by atoms with Crippen LogP contribution in [-0.2, 0) is 0 Å². The van der Waals surface area contributed by atoms with E-state index in [-0.39, 0.29) is 11.8 Å². The molecule has 0 spiro atoms. The fourth-order valence-corrected chi connectivity index (χ4v) is 2.04. The number of carbonyl (C=O) groups excluding carboxylic acids is 1. The number of para-hydroxylation sites is 1. The lowest BCUT2D eigenvalue weighted by Crippen LogP contribution is -2.30. The third kappa shape index (κ3) is 1.54. The minimum Gasteiger partial charge on any atom is -0.355 e. The van der Waals surface area contributed by atoms with E-state index in [2.05, 4.69) is 9.39 Å². The molecule has 1 aromatic rings. The molecular weight excluding hydrogens is 195 g/mol. The SMILES string of the molecule is NC1CCN(P)c2ccccc2C1=O. The number of fused-ring (bicyclic) bond motifs is 1. The molecule has 4 heteroatoms. The van der Waals surface area contributed by atoms with Crippen molar-refractivity contribution in [2.24, 2.45) is 5.73 Å². The molecule has 1 aliphatic heterocycles.